The van der Waals surface area contributed by atoms with E-state index in [1.807, 2.05) is 121 Å². The van der Waals surface area contributed by atoms with E-state index in [-0.39, 0.29) is 59.2 Å². The van der Waals surface area contributed by atoms with Gasteiger partial charge >= 0.3 is 59.7 Å². The number of rotatable bonds is 39. The van der Waals surface area contributed by atoms with Crippen LogP contribution in [0.3, 0.4) is 0 Å². The molecular weight excluding hydrogens is 1550 g/mol. The highest BCUT2D eigenvalue weighted by atomic mass is 16.6. The summed E-state index contributed by atoms with van der Waals surface area (Å²) in [6.45, 7) is 4.27. The number of carbonyl (C=O) groups is 10. The van der Waals surface area contributed by atoms with Gasteiger partial charge in [-0.1, -0.05) is 135 Å². The van der Waals surface area contributed by atoms with Crippen molar-refractivity contribution in [3.63, 3.8) is 0 Å². The van der Waals surface area contributed by atoms with Gasteiger partial charge in [-0.3, -0.25) is 0 Å². The molecule has 0 aliphatic rings. The molecule has 634 valence electrons. The van der Waals surface area contributed by atoms with Gasteiger partial charge in [0.15, 0.2) is 0 Å². The molecule has 10 rings (SSSR count). The minimum atomic E-state index is -0.529. The van der Waals surface area contributed by atoms with E-state index < -0.39 is 59.7 Å². The molecule has 10 aromatic rings. The monoisotopic (exact) mass is 1650 g/mol. The van der Waals surface area contributed by atoms with Crippen molar-refractivity contribution in [1.82, 2.24) is 0 Å². The maximum atomic E-state index is 13.5. The summed E-state index contributed by atoms with van der Waals surface area (Å²) in [6.07, 6.45) is 5.26. The Bertz CT molecular complexity index is 5180. The quantitative estimate of drug-likeness (QED) is 0.0256. The third-order valence-electron chi connectivity index (χ3n) is 23.8. The van der Waals surface area contributed by atoms with Crippen LogP contribution in [0, 0.1) is 0 Å². The zero-order valence-corrected chi connectivity index (χ0v) is 71.1. The van der Waals surface area contributed by atoms with Crippen LogP contribution in [0.25, 0.3) is 0 Å². The second-order valence-electron chi connectivity index (χ2n) is 30.8. The average molecular weight is 1650 g/mol. The standard InChI is InChI=1S/C102H106O20/c1-13-64(66-16-36-76(37-17-66)94(104)114-4)55-86(68-20-40-78(41-21-68)96(106)116-6)57-88(70-24-44-80(45-25-70)98(108)118-8)59-90(72-28-48-82(49-29-72)100(110)120-10)61-92(74-32-52-84(53-33-74)102(112)122-12)62-91(73-30-50-83(51-31-73)101(111)121-11)60-89(71-26-46-81(47-27-71)99(109)119-9)58-87(69-22-42-79(43-23-69)97(107)117-7)56-85(67-18-38-77(39-19-67)95(105)115-5)54-63(2)65-14-34-75(35-15-65)93(103)113-3/h14-53,63-64,85-92H,13,54-62H2,1-12H3. The number of hydrogen-bond donors (Lipinski definition) is 0. The van der Waals surface area contributed by atoms with Gasteiger partial charge in [0.1, 0.15) is 0 Å². The highest BCUT2D eigenvalue weighted by Gasteiger charge is 2.35. The summed E-state index contributed by atoms with van der Waals surface area (Å²) in [7, 11) is 13.4. The van der Waals surface area contributed by atoms with E-state index in [2.05, 4.69) is 13.8 Å². The van der Waals surface area contributed by atoms with Crippen molar-refractivity contribution in [2.24, 2.45) is 0 Å². The molecule has 0 fully saturated rings. The molecule has 0 radical (unpaired) electrons. The van der Waals surface area contributed by atoms with Crippen LogP contribution in [-0.2, 0) is 47.4 Å². The fourth-order valence-corrected chi connectivity index (χ4v) is 16.9. The summed E-state index contributed by atoms with van der Waals surface area (Å²) in [4.78, 5) is 132. The normalized spacial score (nSPS) is 13.6. The Morgan fingerprint density at radius 1 is 0.172 bits per heavy atom. The molecule has 0 amide bonds. The molecule has 0 bridgehead atoms. The molecule has 10 aromatic carbocycles. The van der Waals surface area contributed by atoms with Crippen LogP contribution in [-0.4, -0.2) is 131 Å². The average Bonchev–Trinajstić information content (AvgIpc) is 0.802. The summed E-state index contributed by atoms with van der Waals surface area (Å²) in [5, 5.41) is 0. The molecule has 0 heterocycles. The first-order chi connectivity index (χ1) is 59.0. The van der Waals surface area contributed by atoms with Gasteiger partial charge < -0.3 is 47.4 Å². The topological polar surface area (TPSA) is 263 Å². The summed E-state index contributed by atoms with van der Waals surface area (Å²) in [5.41, 5.74) is 12.9. The molecule has 0 N–H and O–H groups in total. The van der Waals surface area contributed by atoms with Crippen LogP contribution in [0.4, 0.5) is 0 Å². The van der Waals surface area contributed by atoms with Gasteiger partial charge in [-0.05, 0) is 300 Å². The van der Waals surface area contributed by atoms with Crippen LogP contribution < -0.4 is 0 Å². The van der Waals surface area contributed by atoms with E-state index in [4.69, 9.17) is 47.4 Å². The van der Waals surface area contributed by atoms with Gasteiger partial charge in [-0.15, -0.1) is 0 Å². The van der Waals surface area contributed by atoms with Crippen LogP contribution in [0.5, 0.6) is 0 Å². The molecule has 20 nitrogen and oxygen atoms in total. The van der Waals surface area contributed by atoms with E-state index in [1.165, 1.54) is 71.1 Å². The van der Waals surface area contributed by atoms with Crippen molar-refractivity contribution >= 4 is 59.7 Å². The lowest BCUT2D eigenvalue weighted by atomic mass is 9.70. The van der Waals surface area contributed by atoms with Crippen molar-refractivity contribution in [2.75, 3.05) is 71.1 Å². The second-order valence-corrected chi connectivity index (χ2v) is 30.8. The number of carbonyl (C=O) groups excluding carboxylic acids is 10. The molecule has 122 heavy (non-hydrogen) atoms. The molecule has 0 spiro atoms. The Hall–Kier alpha value is -13.1. The molecular formula is C102H106O20. The molecule has 0 aliphatic carbocycles. The van der Waals surface area contributed by atoms with E-state index >= 15 is 0 Å². The highest BCUT2D eigenvalue weighted by Crippen LogP contribution is 2.50. The predicted octanol–water partition coefficient (Wildman–Crippen LogP) is 20.6. The lowest BCUT2D eigenvalue weighted by Gasteiger charge is -2.34. The van der Waals surface area contributed by atoms with Gasteiger partial charge in [-0.2, -0.15) is 0 Å². The zero-order valence-electron chi connectivity index (χ0n) is 71.1. The maximum absolute atomic E-state index is 13.5. The van der Waals surface area contributed by atoms with Gasteiger partial charge in [-0.25, -0.2) is 47.9 Å². The Labute approximate surface area is 713 Å². The molecule has 0 saturated heterocycles. The fraction of sp³-hybridized carbons (Fsp3) is 0.314. The first-order valence-corrected chi connectivity index (χ1v) is 40.8. The smallest absolute Gasteiger partial charge is 0.337 e. The first kappa shape index (κ1) is 91.2. The van der Waals surface area contributed by atoms with E-state index in [0.717, 1.165) is 62.1 Å². The largest absolute Gasteiger partial charge is 0.465 e. The molecule has 0 aromatic heterocycles. The minimum absolute atomic E-state index is 0.0362. The summed E-state index contributed by atoms with van der Waals surface area (Å²) in [6, 6.07) is 74.7. The highest BCUT2D eigenvalue weighted by molar-refractivity contribution is 5.94. The first-order valence-electron chi connectivity index (χ1n) is 40.8. The fourth-order valence-electron chi connectivity index (χ4n) is 16.9. The van der Waals surface area contributed by atoms with E-state index in [9.17, 15) is 47.9 Å². The van der Waals surface area contributed by atoms with E-state index in [0.29, 0.717) is 113 Å². The Kier molecular flexibility index (Phi) is 33.1. The van der Waals surface area contributed by atoms with Crippen molar-refractivity contribution in [2.45, 2.75) is 137 Å². The maximum Gasteiger partial charge on any atom is 0.337 e. The number of esters is 10. The third kappa shape index (κ3) is 23.7. The lowest BCUT2D eigenvalue weighted by molar-refractivity contribution is 0.0592. The molecule has 20 heteroatoms. The number of methoxy groups -OCH3 is 10. The van der Waals surface area contributed by atoms with Gasteiger partial charge in [0.2, 0.25) is 0 Å². The van der Waals surface area contributed by atoms with Crippen molar-refractivity contribution < 1.29 is 95.3 Å². The third-order valence-corrected chi connectivity index (χ3v) is 23.8. The minimum Gasteiger partial charge on any atom is -0.465 e. The Morgan fingerprint density at radius 2 is 0.279 bits per heavy atom. The Balaban J connectivity index is 1.17. The zero-order chi connectivity index (χ0) is 87.5. The summed E-state index contributed by atoms with van der Waals surface area (Å²) < 4.78 is 52.1. The lowest BCUT2D eigenvalue weighted by Crippen LogP contribution is -2.18. The molecule has 10 atom stereocenters. The number of benzene rings is 10. The summed E-state index contributed by atoms with van der Waals surface area (Å²) >= 11 is 0. The van der Waals surface area contributed by atoms with E-state index in [1.54, 1.807) is 121 Å². The van der Waals surface area contributed by atoms with Crippen LogP contribution >= 0.6 is 0 Å². The van der Waals surface area contributed by atoms with Gasteiger partial charge in [0.05, 0.1) is 127 Å². The SMILES string of the molecule is CCC(CC(CC(CC(CC(CC(CC(CC(CC(CC(C)c1ccc(C(=O)OC)cc1)c1ccc(C(=O)OC)cc1)c1ccc(C(=O)OC)cc1)c1ccc(C(=O)OC)cc1)c1ccc(C(=O)OC)cc1)c1ccc(C(=O)OC)cc1)c1ccc(C(=O)OC)cc1)c1ccc(C(=O)OC)cc1)c1ccc(C(=O)OC)cc1)c1ccc(C(=O)OC)cc1. The Morgan fingerprint density at radius 3 is 0.402 bits per heavy atom. The van der Waals surface area contributed by atoms with Crippen molar-refractivity contribution in [3.05, 3.63) is 354 Å². The van der Waals surface area contributed by atoms with Gasteiger partial charge in [0, 0.05) is 0 Å². The second kappa shape index (κ2) is 44.3. The molecule has 0 aliphatic heterocycles. The summed E-state index contributed by atoms with van der Waals surface area (Å²) in [5.74, 6) is -7.66. The predicted molar refractivity (Wildman–Crippen MR) is 463 cm³/mol. The van der Waals surface area contributed by atoms with Crippen LogP contribution in [0.2, 0.25) is 0 Å². The van der Waals surface area contributed by atoms with Gasteiger partial charge in [0.25, 0.3) is 0 Å². The molecule has 10 unspecified atom stereocenters. The number of hydrogen-bond acceptors (Lipinski definition) is 20. The van der Waals surface area contributed by atoms with Crippen molar-refractivity contribution in [3.8, 4) is 0 Å². The number of ether oxygens (including phenoxy) is 10. The van der Waals surface area contributed by atoms with Crippen LogP contribution in [0.15, 0.2) is 243 Å². The van der Waals surface area contributed by atoms with Crippen LogP contribution in [0.1, 0.15) is 296 Å². The van der Waals surface area contributed by atoms with Crippen molar-refractivity contribution in [1.29, 1.82) is 0 Å². The molecule has 0 saturated carbocycles.